The van der Waals surface area contributed by atoms with Gasteiger partial charge in [0.05, 0.1) is 6.67 Å². The molecule has 0 heterocycles. The topological polar surface area (TPSA) is 90.5 Å². The molecule has 0 atom stereocenters. The number of urea groups is 1. The number of unbranched alkanes of at least 4 members (excludes halogenated alkanes) is 15. The van der Waals surface area contributed by atoms with Gasteiger partial charge in [-0.2, -0.15) is 0 Å². The van der Waals surface area contributed by atoms with E-state index in [1.54, 1.807) is 36.0 Å². The molecular formula is C33H51N3O3S. The van der Waals surface area contributed by atoms with Crippen molar-refractivity contribution in [2.45, 2.75) is 119 Å². The molecule has 0 radical (unpaired) electrons. The van der Waals surface area contributed by atoms with E-state index in [0.29, 0.717) is 12.1 Å². The zero-order valence-corrected chi connectivity index (χ0v) is 25.3. The van der Waals surface area contributed by atoms with Gasteiger partial charge in [0.25, 0.3) is 5.91 Å². The lowest BCUT2D eigenvalue weighted by atomic mass is 10.0. The molecule has 0 saturated carbocycles. The fourth-order valence-corrected chi connectivity index (χ4v) is 5.39. The first-order valence-electron chi connectivity index (χ1n) is 15.5. The molecule has 0 fully saturated rings. The quantitative estimate of drug-likeness (QED) is 0.0842. The van der Waals surface area contributed by atoms with E-state index in [1.165, 1.54) is 89.9 Å². The van der Waals surface area contributed by atoms with Gasteiger partial charge in [-0.3, -0.25) is 4.79 Å². The summed E-state index contributed by atoms with van der Waals surface area (Å²) >= 11 is 1.55. The number of carbonyl (C=O) groups is 2. The van der Waals surface area contributed by atoms with Crippen LogP contribution in [0.1, 0.15) is 120 Å². The van der Waals surface area contributed by atoms with E-state index in [9.17, 15) is 14.7 Å². The Balaban J connectivity index is 1.38. The van der Waals surface area contributed by atoms with Crippen molar-refractivity contribution in [1.29, 1.82) is 0 Å². The molecular weight excluding hydrogens is 518 g/mol. The largest absolute Gasteiger partial charge is 0.508 e. The van der Waals surface area contributed by atoms with E-state index in [2.05, 4.69) is 22.9 Å². The molecule has 2 aromatic rings. The first-order valence-corrected chi connectivity index (χ1v) is 16.3. The number of amides is 3. The third kappa shape index (κ3) is 16.4. The molecule has 0 aliphatic carbocycles. The SMILES string of the molecule is CCCCCCCCCCCCCCCCCCNC(=O)NCNC(=O)c1ccc(Sc2ccc(O)cc2)cc1. The Kier molecular flexibility index (Phi) is 18.5. The summed E-state index contributed by atoms with van der Waals surface area (Å²) in [5.74, 6) is -0.00170. The number of phenols is 1. The molecule has 0 unspecified atom stereocenters. The van der Waals surface area contributed by atoms with E-state index in [0.717, 1.165) is 22.6 Å². The lowest BCUT2D eigenvalue weighted by Crippen LogP contribution is -2.42. The third-order valence-electron chi connectivity index (χ3n) is 7.00. The summed E-state index contributed by atoms with van der Waals surface area (Å²) in [5.41, 5.74) is 0.533. The van der Waals surface area contributed by atoms with Crippen molar-refractivity contribution in [2.24, 2.45) is 0 Å². The number of aromatic hydroxyl groups is 1. The monoisotopic (exact) mass is 569 g/mol. The molecule has 3 amide bonds. The lowest BCUT2D eigenvalue weighted by molar-refractivity contribution is 0.0952. The van der Waals surface area contributed by atoms with Crippen LogP contribution >= 0.6 is 11.8 Å². The van der Waals surface area contributed by atoms with Crippen molar-refractivity contribution in [3.05, 3.63) is 54.1 Å². The average Bonchev–Trinajstić information content (AvgIpc) is 2.96. The molecule has 4 N–H and O–H groups in total. The molecule has 222 valence electrons. The van der Waals surface area contributed by atoms with E-state index >= 15 is 0 Å². The zero-order valence-electron chi connectivity index (χ0n) is 24.5. The molecule has 2 rings (SSSR count). The third-order valence-corrected chi connectivity index (χ3v) is 8.02. The Hall–Kier alpha value is -2.67. The average molecular weight is 570 g/mol. The fourth-order valence-electron chi connectivity index (χ4n) is 4.57. The second-order valence-electron chi connectivity index (χ2n) is 10.5. The molecule has 0 aromatic heterocycles. The van der Waals surface area contributed by atoms with Crippen LogP contribution in [-0.4, -0.2) is 30.3 Å². The van der Waals surface area contributed by atoms with Crippen LogP contribution in [0.4, 0.5) is 4.79 Å². The number of hydrogen-bond acceptors (Lipinski definition) is 4. The lowest BCUT2D eigenvalue weighted by Gasteiger charge is -2.09. The Morgan fingerprint density at radius 3 is 1.55 bits per heavy atom. The first kappa shape index (κ1) is 33.5. The van der Waals surface area contributed by atoms with E-state index in [4.69, 9.17) is 0 Å². The van der Waals surface area contributed by atoms with Gasteiger partial charge in [0.2, 0.25) is 0 Å². The Bertz CT molecular complexity index is 935. The summed E-state index contributed by atoms with van der Waals surface area (Å²) < 4.78 is 0. The van der Waals surface area contributed by atoms with Gasteiger partial charge in [-0.05, 0) is 55.0 Å². The van der Waals surface area contributed by atoms with Crippen molar-refractivity contribution in [3.8, 4) is 5.75 Å². The van der Waals surface area contributed by atoms with Gasteiger partial charge in [0.15, 0.2) is 0 Å². The predicted molar refractivity (Wildman–Crippen MR) is 167 cm³/mol. The van der Waals surface area contributed by atoms with Crippen LogP contribution in [0.25, 0.3) is 0 Å². The van der Waals surface area contributed by atoms with Crippen molar-refractivity contribution >= 4 is 23.7 Å². The molecule has 0 spiro atoms. The highest BCUT2D eigenvalue weighted by Crippen LogP contribution is 2.28. The van der Waals surface area contributed by atoms with Crippen LogP contribution in [0.15, 0.2) is 58.3 Å². The highest BCUT2D eigenvalue weighted by atomic mass is 32.2. The number of phenolic OH excluding ortho intramolecular Hbond substituents is 1. The maximum Gasteiger partial charge on any atom is 0.316 e. The van der Waals surface area contributed by atoms with Crippen LogP contribution in [0, 0.1) is 0 Å². The van der Waals surface area contributed by atoms with Gasteiger partial charge in [0.1, 0.15) is 5.75 Å². The first-order chi connectivity index (χ1) is 19.6. The molecule has 0 aliphatic heterocycles. The van der Waals surface area contributed by atoms with Crippen molar-refractivity contribution in [1.82, 2.24) is 16.0 Å². The van der Waals surface area contributed by atoms with Crippen molar-refractivity contribution in [2.75, 3.05) is 13.2 Å². The highest BCUT2D eigenvalue weighted by molar-refractivity contribution is 7.99. The summed E-state index contributed by atoms with van der Waals surface area (Å²) in [4.78, 5) is 26.3. The number of nitrogens with one attached hydrogen (secondary N) is 3. The van der Waals surface area contributed by atoms with E-state index in [1.807, 2.05) is 24.3 Å². The molecule has 40 heavy (non-hydrogen) atoms. The van der Waals surface area contributed by atoms with Gasteiger partial charge in [-0.25, -0.2) is 4.79 Å². The summed E-state index contributed by atoms with van der Waals surface area (Å²) in [5, 5.41) is 17.6. The van der Waals surface area contributed by atoms with Crippen molar-refractivity contribution < 1.29 is 14.7 Å². The highest BCUT2D eigenvalue weighted by Gasteiger charge is 2.07. The molecule has 7 heteroatoms. The second-order valence-corrected chi connectivity index (χ2v) is 11.7. The summed E-state index contributed by atoms with van der Waals surface area (Å²) in [6.45, 7) is 3.00. The maximum absolute atomic E-state index is 12.3. The number of hydrogen-bond donors (Lipinski definition) is 4. The van der Waals surface area contributed by atoms with Gasteiger partial charge in [-0.15, -0.1) is 0 Å². The minimum atomic E-state index is -0.262. The van der Waals surface area contributed by atoms with Gasteiger partial charge >= 0.3 is 6.03 Å². The molecule has 6 nitrogen and oxygen atoms in total. The van der Waals surface area contributed by atoms with Crippen LogP contribution in [0.3, 0.4) is 0 Å². The summed E-state index contributed by atoms with van der Waals surface area (Å²) in [7, 11) is 0. The molecule has 0 bridgehead atoms. The molecule has 2 aromatic carbocycles. The Morgan fingerprint density at radius 2 is 1.05 bits per heavy atom. The van der Waals surface area contributed by atoms with E-state index in [-0.39, 0.29) is 24.4 Å². The molecule has 0 aliphatic rings. The predicted octanol–water partition coefficient (Wildman–Crippen LogP) is 8.79. The van der Waals surface area contributed by atoms with Crippen LogP contribution in [0.5, 0.6) is 5.75 Å². The minimum absolute atomic E-state index is 0.0770. The Labute approximate surface area is 246 Å². The Morgan fingerprint density at radius 1 is 0.600 bits per heavy atom. The number of rotatable bonds is 22. The van der Waals surface area contributed by atoms with Crippen molar-refractivity contribution in [3.63, 3.8) is 0 Å². The summed E-state index contributed by atoms with van der Waals surface area (Å²) in [6.07, 6.45) is 21.3. The summed E-state index contributed by atoms with van der Waals surface area (Å²) in [6, 6.07) is 14.0. The standard InChI is InChI=1S/C33H51N3O3S/c1-2-3-4-5-6-7-8-9-10-11-12-13-14-15-16-17-26-34-33(39)36-27-35-32(38)28-18-22-30(23-19-28)40-31-24-20-29(37)21-25-31/h18-25,37H,2-17,26-27H2,1H3,(H,35,38)(H2,34,36,39). The van der Waals surface area contributed by atoms with E-state index < -0.39 is 0 Å². The second kappa shape index (κ2) is 22.1. The maximum atomic E-state index is 12.3. The van der Waals surface area contributed by atoms with Gasteiger partial charge in [-0.1, -0.05) is 115 Å². The number of carbonyl (C=O) groups excluding carboxylic acids is 2. The molecule has 0 saturated heterocycles. The van der Waals surface area contributed by atoms with Gasteiger partial charge < -0.3 is 21.1 Å². The smallest absolute Gasteiger partial charge is 0.316 e. The van der Waals surface area contributed by atoms with Gasteiger partial charge in [0, 0.05) is 21.9 Å². The normalized spacial score (nSPS) is 10.8. The van der Waals surface area contributed by atoms with Crippen LogP contribution < -0.4 is 16.0 Å². The fraction of sp³-hybridized carbons (Fsp3) is 0.576. The minimum Gasteiger partial charge on any atom is -0.508 e. The zero-order chi connectivity index (χ0) is 28.7. The van der Waals surface area contributed by atoms with Crippen LogP contribution in [-0.2, 0) is 0 Å². The number of benzene rings is 2. The van der Waals surface area contributed by atoms with Crippen LogP contribution in [0.2, 0.25) is 0 Å².